The van der Waals surface area contributed by atoms with Gasteiger partial charge in [-0.15, -0.1) is 0 Å². The van der Waals surface area contributed by atoms with Crippen LogP contribution in [0.25, 0.3) is 0 Å². The molecule has 7 heteroatoms. The van der Waals surface area contributed by atoms with Crippen LogP contribution in [0.5, 0.6) is 0 Å². The second-order valence-corrected chi connectivity index (χ2v) is 2.94. The van der Waals surface area contributed by atoms with Crippen molar-refractivity contribution in [2.45, 2.75) is 0 Å². The van der Waals surface area contributed by atoms with Crippen molar-refractivity contribution in [2.24, 2.45) is 0 Å². The molecule has 0 aromatic carbocycles. The van der Waals surface area contributed by atoms with E-state index in [1.807, 2.05) is 0 Å². The van der Waals surface area contributed by atoms with Crippen LogP contribution >= 0.6 is 0 Å². The fraction of sp³-hybridized carbons (Fsp3) is 0.429. The molecule has 0 bridgehead atoms. The summed E-state index contributed by atoms with van der Waals surface area (Å²) in [6.07, 6.45) is 0. The smallest absolute Gasteiger partial charge is 0.277 e. The lowest BCUT2D eigenvalue weighted by molar-refractivity contribution is 0.199. The number of rotatable bonds is 2. The molecule has 76 valence electrons. The number of nitrogens with two attached hydrogens (primary N) is 1. The standard InChI is InChI=1S/C7H11N5O2/c1-14-3-12-2-9-4-5(12)10-7(8)11-6(4)13/h9H,2-3H2,1H3,(H3,8,10,11,13). The zero-order valence-electron chi connectivity index (χ0n) is 7.70. The van der Waals surface area contributed by atoms with Gasteiger partial charge >= 0.3 is 0 Å². The van der Waals surface area contributed by atoms with Crippen LogP contribution in [0.2, 0.25) is 0 Å². The topological polar surface area (TPSA) is 96.3 Å². The number of nitrogens with zero attached hydrogens (tertiary/aromatic N) is 2. The minimum Gasteiger partial charge on any atom is -0.369 e. The van der Waals surface area contributed by atoms with Crippen molar-refractivity contribution in [3.05, 3.63) is 10.4 Å². The summed E-state index contributed by atoms with van der Waals surface area (Å²) in [5.74, 6) is 0.645. The predicted octanol–water partition coefficient (Wildman–Crippen LogP) is -0.855. The number of hydrogen-bond acceptors (Lipinski definition) is 6. The van der Waals surface area contributed by atoms with E-state index in [0.717, 1.165) is 0 Å². The van der Waals surface area contributed by atoms with Crippen molar-refractivity contribution in [2.75, 3.05) is 36.5 Å². The predicted molar refractivity (Wildman–Crippen MR) is 52.1 cm³/mol. The molecule has 0 spiro atoms. The molecule has 2 heterocycles. The van der Waals surface area contributed by atoms with Gasteiger partial charge in [-0.2, -0.15) is 4.98 Å². The summed E-state index contributed by atoms with van der Waals surface area (Å²) in [5.41, 5.74) is 5.61. The van der Waals surface area contributed by atoms with Gasteiger partial charge in [-0.1, -0.05) is 0 Å². The first-order chi connectivity index (χ1) is 6.72. The van der Waals surface area contributed by atoms with Gasteiger partial charge in [0, 0.05) is 7.11 Å². The summed E-state index contributed by atoms with van der Waals surface area (Å²) in [7, 11) is 1.58. The van der Waals surface area contributed by atoms with E-state index in [-0.39, 0.29) is 11.5 Å². The number of anilines is 3. The van der Waals surface area contributed by atoms with Gasteiger partial charge in [0.2, 0.25) is 5.95 Å². The Morgan fingerprint density at radius 2 is 2.50 bits per heavy atom. The lowest BCUT2D eigenvalue weighted by Gasteiger charge is -2.14. The van der Waals surface area contributed by atoms with Crippen LogP contribution in [0, 0.1) is 0 Å². The van der Waals surface area contributed by atoms with Crippen molar-refractivity contribution in [3.63, 3.8) is 0 Å². The monoisotopic (exact) mass is 197 g/mol. The van der Waals surface area contributed by atoms with Crippen molar-refractivity contribution in [1.82, 2.24) is 9.97 Å². The molecule has 0 amide bonds. The van der Waals surface area contributed by atoms with Crippen molar-refractivity contribution >= 4 is 17.5 Å². The zero-order valence-corrected chi connectivity index (χ0v) is 7.70. The Hall–Kier alpha value is -1.76. The van der Waals surface area contributed by atoms with Crippen molar-refractivity contribution < 1.29 is 4.74 Å². The molecule has 4 N–H and O–H groups in total. The third-order valence-corrected chi connectivity index (χ3v) is 1.95. The van der Waals surface area contributed by atoms with E-state index in [9.17, 15) is 4.79 Å². The highest BCUT2D eigenvalue weighted by atomic mass is 16.5. The lowest BCUT2D eigenvalue weighted by atomic mass is 10.5. The van der Waals surface area contributed by atoms with Gasteiger partial charge in [0.1, 0.15) is 12.4 Å². The summed E-state index contributed by atoms with van der Waals surface area (Å²) >= 11 is 0. The number of ether oxygens (including phenoxy) is 1. The van der Waals surface area contributed by atoms with E-state index in [0.29, 0.717) is 24.9 Å². The first kappa shape index (κ1) is 8.82. The summed E-state index contributed by atoms with van der Waals surface area (Å²) in [6, 6.07) is 0. The number of fused-ring (bicyclic) bond motifs is 1. The molecule has 0 saturated heterocycles. The summed E-state index contributed by atoms with van der Waals surface area (Å²) < 4.78 is 4.96. The Bertz CT molecular complexity index is 402. The maximum absolute atomic E-state index is 11.4. The molecule has 2 rings (SSSR count). The number of methoxy groups -OCH3 is 1. The van der Waals surface area contributed by atoms with E-state index < -0.39 is 0 Å². The molecule has 1 aliphatic heterocycles. The molecule has 0 radical (unpaired) electrons. The number of aromatic nitrogens is 2. The van der Waals surface area contributed by atoms with Gasteiger partial charge in [-0.25, -0.2) is 0 Å². The third kappa shape index (κ3) is 1.27. The maximum atomic E-state index is 11.4. The molecule has 1 aromatic heterocycles. The second-order valence-electron chi connectivity index (χ2n) is 2.94. The average molecular weight is 197 g/mol. The summed E-state index contributed by atoms with van der Waals surface area (Å²) in [5, 5.41) is 2.91. The van der Waals surface area contributed by atoms with E-state index in [1.165, 1.54) is 0 Å². The first-order valence-electron chi connectivity index (χ1n) is 4.10. The molecule has 14 heavy (non-hydrogen) atoms. The molecule has 1 aliphatic rings. The fourth-order valence-corrected chi connectivity index (χ4v) is 1.38. The highest BCUT2D eigenvalue weighted by Gasteiger charge is 2.23. The minimum atomic E-state index is -0.258. The molecule has 0 atom stereocenters. The maximum Gasteiger partial charge on any atom is 0.277 e. The Labute approximate surface area is 79.9 Å². The number of hydrogen-bond donors (Lipinski definition) is 3. The van der Waals surface area contributed by atoms with Crippen LogP contribution in [0.15, 0.2) is 4.79 Å². The molecule has 1 aromatic rings. The van der Waals surface area contributed by atoms with E-state index in [1.54, 1.807) is 12.0 Å². The molecule has 0 saturated carbocycles. The second kappa shape index (κ2) is 3.18. The summed E-state index contributed by atoms with van der Waals surface area (Å²) in [4.78, 5) is 19.6. The molecule has 0 aliphatic carbocycles. The number of aromatic amines is 1. The van der Waals surface area contributed by atoms with Crippen molar-refractivity contribution in [3.8, 4) is 0 Å². The van der Waals surface area contributed by atoms with Gasteiger partial charge in [0.25, 0.3) is 5.56 Å². The van der Waals surface area contributed by atoms with E-state index in [2.05, 4.69) is 15.3 Å². The van der Waals surface area contributed by atoms with Gasteiger partial charge in [0.15, 0.2) is 5.82 Å². The first-order valence-corrected chi connectivity index (χ1v) is 4.10. The number of H-pyrrole nitrogens is 1. The van der Waals surface area contributed by atoms with Gasteiger partial charge in [0.05, 0.1) is 6.67 Å². The highest BCUT2D eigenvalue weighted by molar-refractivity contribution is 5.70. The zero-order chi connectivity index (χ0) is 10.1. The number of nitrogens with one attached hydrogen (secondary N) is 2. The molecule has 0 fully saturated rings. The third-order valence-electron chi connectivity index (χ3n) is 1.95. The van der Waals surface area contributed by atoms with Gasteiger partial charge in [-0.3, -0.25) is 9.78 Å². The van der Waals surface area contributed by atoms with Crippen LogP contribution < -0.4 is 21.5 Å². The Morgan fingerprint density at radius 1 is 1.71 bits per heavy atom. The van der Waals surface area contributed by atoms with Crippen LogP contribution in [-0.2, 0) is 4.74 Å². The minimum absolute atomic E-state index is 0.110. The molecule has 0 unspecified atom stereocenters. The molecular weight excluding hydrogens is 186 g/mol. The largest absolute Gasteiger partial charge is 0.369 e. The van der Waals surface area contributed by atoms with E-state index in [4.69, 9.17) is 10.5 Å². The normalized spacial score (nSPS) is 13.9. The van der Waals surface area contributed by atoms with E-state index >= 15 is 0 Å². The van der Waals surface area contributed by atoms with Gasteiger partial charge < -0.3 is 20.7 Å². The SMILES string of the molecule is COCN1CNc2c1nc(N)[nH]c2=O. The molecular formula is C7H11N5O2. The highest BCUT2D eigenvalue weighted by Crippen LogP contribution is 2.24. The fourth-order valence-electron chi connectivity index (χ4n) is 1.38. The molecule has 7 nitrogen and oxygen atoms in total. The Balaban J connectivity index is 2.44. The van der Waals surface area contributed by atoms with Crippen LogP contribution in [0.1, 0.15) is 0 Å². The number of nitrogen functional groups attached to an aromatic ring is 1. The van der Waals surface area contributed by atoms with Crippen LogP contribution in [0.4, 0.5) is 17.5 Å². The average Bonchev–Trinajstić information content (AvgIpc) is 2.49. The quantitative estimate of drug-likeness (QED) is 0.571. The Kier molecular flexibility index (Phi) is 2.01. The Morgan fingerprint density at radius 3 is 3.21 bits per heavy atom. The van der Waals surface area contributed by atoms with Crippen molar-refractivity contribution in [1.29, 1.82) is 0 Å². The van der Waals surface area contributed by atoms with Crippen LogP contribution in [-0.4, -0.2) is 30.5 Å². The summed E-state index contributed by atoms with van der Waals surface area (Å²) in [6.45, 7) is 0.874. The van der Waals surface area contributed by atoms with Gasteiger partial charge in [-0.05, 0) is 0 Å². The van der Waals surface area contributed by atoms with Crippen LogP contribution in [0.3, 0.4) is 0 Å². The lowest BCUT2D eigenvalue weighted by Crippen LogP contribution is -2.25.